The zero-order valence-electron chi connectivity index (χ0n) is 14.4. The standard InChI is InChI=1S/C20H24N2O2/c1-16-7-9-17(10-8-16)15-20(23)22-13-11-21(12-14-22)18-5-3-4-6-19(18)24-2/h3-10H,11-15H2,1-2H3. The summed E-state index contributed by atoms with van der Waals surface area (Å²) in [6.45, 7) is 5.23. The lowest BCUT2D eigenvalue weighted by atomic mass is 10.1. The number of piperazine rings is 1. The molecule has 2 aromatic rings. The molecule has 24 heavy (non-hydrogen) atoms. The normalized spacial score (nSPS) is 14.6. The maximum atomic E-state index is 12.5. The number of para-hydroxylation sites is 2. The number of hydrogen-bond donors (Lipinski definition) is 0. The lowest BCUT2D eigenvalue weighted by Gasteiger charge is -2.36. The minimum absolute atomic E-state index is 0.207. The number of methoxy groups -OCH3 is 1. The van der Waals surface area contributed by atoms with Crippen LogP contribution in [0.25, 0.3) is 0 Å². The Morgan fingerprint density at radius 3 is 2.33 bits per heavy atom. The van der Waals surface area contributed by atoms with Gasteiger partial charge in [-0.1, -0.05) is 42.0 Å². The fraction of sp³-hybridized carbons (Fsp3) is 0.350. The third kappa shape index (κ3) is 3.70. The van der Waals surface area contributed by atoms with E-state index in [1.807, 2.05) is 35.2 Å². The highest BCUT2D eigenvalue weighted by molar-refractivity contribution is 5.79. The molecule has 1 fully saturated rings. The summed E-state index contributed by atoms with van der Waals surface area (Å²) in [6.07, 6.45) is 0.481. The minimum Gasteiger partial charge on any atom is -0.495 e. The third-order valence-corrected chi connectivity index (χ3v) is 4.53. The van der Waals surface area contributed by atoms with Gasteiger partial charge in [-0.25, -0.2) is 0 Å². The Bertz CT molecular complexity index is 689. The maximum Gasteiger partial charge on any atom is 0.227 e. The highest BCUT2D eigenvalue weighted by atomic mass is 16.5. The molecule has 4 nitrogen and oxygen atoms in total. The second-order valence-electron chi connectivity index (χ2n) is 6.20. The summed E-state index contributed by atoms with van der Waals surface area (Å²) in [4.78, 5) is 16.8. The largest absolute Gasteiger partial charge is 0.495 e. The fourth-order valence-electron chi connectivity index (χ4n) is 3.08. The van der Waals surface area contributed by atoms with Crippen LogP contribution >= 0.6 is 0 Å². The van der Waals surface area contributed by atoms with E-state index in [2.05, 4.69) is 30.0 Å². The van der Waals surface area contributed by atoms with Gasteiger partial charge < -0.3 is 14.5 Å². The van der Waals surface area contributed by atoms with Crippen molar-refractivity contribution >= 4 is 11.6 Å². The first-order valence-electron chi connectivity index (χ1n) is 8.38. The van der Waals surface area contributed by atoms with Crippen LogP contribution in [0.2, 0.25) is 0 Å². The molecular weight excluding hydrogens is 300 g/mol. The first kappa shape index (κ1) is 16.4. The fourth-order valence-corrected chi connectivity index (χ4v) is 3.08. The number of carbonyl (C=O) groups excluding carboxylic acids is 1. The Labute approximate surface area is 143 Å². The van der Waals surface area contributed by atoms with Crippen molar-refractivity contribution in [2.45, 2.75) is 13.3 Å². The molecule has 0 aromatic heterocycles. The molecule has 0 atom stereocenters. The van der Waals surface area contributed by atoms with Crippen LogP contribution in [0.4, 0.5) is 5.69 Å². The van der Waals surface area contributed by atoms with Crippen molar-refractivity contribution in [1.82, 2.24) is 4.90 Å². The molecule has 0 unspecified atom stereocenters. The number of amides is 1. The maximum absolute atomic E-state index is 12.5. The Hall–Kier alpha value is -2.49. The van der Waals surface area contributed by atoms with Crippen molar-refractivity contribution in [1.29, 1.82) is 0 Å². The number of carbonyl (C=O) groups is 1. The van der Waals surface area contributed by atoms with Crippen LogP contribution in [0.1, 0.15) is 11.1 Å². The number of hydrogen-bond acceptors (Lipinski definition) is 3. The van der Waals surface area contributed by atoms with Gasteiger partial charge in [0.1, 0.15) is 5.75 Å². The molecule has 0 spiro atoms. The molecular formula is C20H24N2O2. The summed E-state index contributed by atoms with van der Waals surface area (Å²) < 4.78 is 5.44. The van der Waals surface area contributed by atoms with E-state index < -0.39 is 0 Å². The van der Waals surface area contributed by atoms with Gasteiger partial charge in [-0.2, -0.15) is 0 Å². The molecule has 0 N–H and O–H groups in total. The molecule has 1 saturated heterocycles. The van der Waals surface area contributed by atoms with Crippen LogP contribution in [0.5, 0.6) is 5.75 Å². The Morgan fingerprint density at radius 2 is 1.67 bits per heavy atom. The second-order valence-corrected chi connectivity index (χ2v) is 6.20. The summed E-state index contributed by atoms with van der Waals surface area (Å²) in [5, 5.41) is 0. The SMILES string of the molecule is COc1ccccc1N1CCN(C(=O)Cc2ccc(C)cc2)CC1. The molecule has 1 aliphatic rings. The smallest absolute Gasteiger partial charge is 0.227 e. The minimum atomic E-state index is 0.207. The van der Waals surface area contributed by atoms with Crippen molar-refractivity contribution in [3.8, 4) is 5.75 Å². The molecule has 1 aliphatic heterocycles. The summed E-state index contributed by atoms with van der Waals surface area (Å²) in [6, 6.07) is 16.2. The van der Waals surface area contributed by atoms with Crippen molar-refractivity contribution in [3.05, 3.63) is 59.7 Å². The second kappa shape index (κ2) is 7.39. The van der Waals surface area contributed by atoms with E-state index in [9.17, 15) is 4.79 Å². The molecule has 126 valence electrons. The van der Waals surface area contributed by atoms with Gasteiger partial charge in [-0.3, -0.25) is 4.79 Å². The van der Waals surface area contributed by atoms with Crippen molar-refractivity contribution in [2.75, 3.05) is 38.2 Å². The number of anilines is 1. The zero-order chi connectivity index (χ0) is 16.9. The molecule has 1 heterocycles. The average molecular weight is 324 g/mol. The van der Waals surface area contributed by atoms with Crippen molar-refractivity contribution in [2.24, 2.45) is 0 Å². The highest BCUT2D eigenvalue weighted by Gasteiger charge is 2.22. The molecule has 0 aliphatic carbocycles. The Balaban J connectivity index is 1.58. The summed E-state index contributed by atoms with van der Waals surface area (Å²) in [7, 11) is 1.69. The van der Waals surface area contributed by atoms with E-state index >= 15 is 0 Å². The third-order valence-electron chi connectivity index (χ3n) is 4.53. The molecule has 2 aromatic carbocycles. The lowest BCUT2D eigenvalue weighted by Crippen LogP contribution is -2.49. The first-order chi connectivity index (χ1) is 11.7. The van der Waals surface area contributed by atoms with Gasteiger partial charge in [-0.15, -0.1) is 0 Å². The van der Waals surface area contributed by atoms with Crippen molar-refractivity contribution in [3.63, 3.8) is 0 Å². The number of nitrogens with zero attached hydrogens (tertiary/aromatic N) is 2. The van der Waals surface area contributed by atoms with Gasteiger partial charge in [-0.05, 0) is 24.6 Å². The first-order valence-corrected chi connectivity index (χ1v) is 8.38. The van der Waals surface area contributed by atoms with Crippen LogP contribution in [0.15, 0.2) is 48.5 Å². The van der Waals surface area contributed by atoms with Crippen LogP contribution < -0.4 is 9.64 Å². The van der Waals surface area contributed by atoms with Gasteiger partial charge in [0.05, 0.1) is 19.2 Å². The van der Waals surface area contributed by atoms with E-state index in [-0.39, 0.29) is 5.91 Å². The average Bonchev–Trinajstić information content (AvgIpc) is 2.63. The van der Waals surface area contributed by atoms with E-state index in [4.69, 9.17) is 4.74 Å². The number of ether oxygens (including phenoxy) is 1. The summed E-state index contributed by atoms with van der Waals surface area (Å²) in [5.41, 5.74) is 3.40. The van der Waals surface area contributed by atoms with E-state index in [1.54, 1.807) is 7.11 Å². The van der Waals surface area contributed by atoms with Gasteiger partial charge in [0.2, 0.25) is 5.91 Å². The van der Waals surface area contributed by atoms with Gasteiger partial charge in [0, 0.05) is 26.2 Å². The van der Waals surface area contributed by atoms with E-state index in [0.717, 1.165) is 43.2 Å². The monoisotopic (exact) mass is 324 g/mol. The van der Waals surface area contributed by atoms with Crippen LogP contribution in [0.3, 0.4) is 0 Å². The molecule has 0 bridgehead atoms. The van der Waals surface area contributed by atoms with Gasteiger partial charge in [0.25, 0.3) is 0 Å². The van der Waals surface area contributed by atoms with Crippen LogP contribution in [0, 0.1) is 6.92 Å². The topological polar surface area (TPSA) is 32.8 Å². The molecule has 0 saturated carbocycles. The van der Waals surface area contributed by atoms with E-state index in [1.165, 1.54) is 5.56 Å². The Morgan fingerprint density at radius 1 is 1.00 bits per heavy atom. The predicted octanol–water partition coefficient (Wildman–Crippen LogP) is 2.89. The molecule has 4 heteroatoms. The predicted molar refractivity (Wildman–Crippen MR) is 96.7 cm³/mol. The molecule has 1 amide bonds. The van der Waals surface area contributed by atoms with Gasteiger partial charge in [0.15, 0.2) is 0 Å². The van der Waals surface area contributed by atoms with Crippen molar-refractivity contribution < 1.29 is 9.53 Å². The lowest BCUT2D eigenvalue weighted by molar-refractivity contribution is -0.130. The quantitative estimate of drug-likeness (QED) is 0.867. The summed E-state index contributed by atoms with van der Waals surface area (Å²) in [5.74, 6) is 1.09. The van der Waals surface area contributed by atoms with E-state index in [0.29, 0.717) is 6.42 Å². The van der Waals surface area contributed by atoms with Crippen LogP contribution in [-0.4, -0.2) is 44.1 Å². The van der Waals surface area contributed by atoms with Gasteiger partial charge >= 0.3 is 0 Å². The molecule has 0 radical (unpaired) electrons. The number of aryl methyl sites for hydroxylation is 1. The molecule has 3 rings (SSSR count). The Kier molecular flexibility index (Phi) is 5.04. The van der Waals surface area contributed by atoms with Crippen LogP contribution in [-0.2, 0) is 11.2 Å². The number of benzene rings is 2. The zero-order valence-corrected chi connectivity index (χ0v) is 14.4. The number of rotatable bonds is 4. The highest BCUT2D eigenvalue weighted by Crippen LogP contribution is 2.28. The summed E-state index contributed by atoms with van der Waals surface area (Å²) >= 11 is 0.